The van der Waals surface area contributed by atoms with Crippen LogP contribution in [0.15, 0.2) is 12.1 Å². The molecule has 0 spiro atoms. The van der Waals surface area contributed by atoms with E-state index in [4.69, 9.17) is 18.9 Å². The van der Waals surface area contributed by atoms with Crippen LogP contribution in [0.2, 0.25) is 0 Å². The van der Waals surface area contributed by atoms with Crippen LogP contribution in [0, 0.1) is 0 Å². The van der Waals surface area contributed by atoms with Gasteiger partial charge in [-0.05, 0) is 31.5 Å². The molecule has 0 bridgehead atoms. The van der Waals surface area contributed by atoms with Gasteiger partial charge in [-0.2, -0.15) is 0 Å². The third-order valence-electron chi connectivity index (χ3n) is 3.71. The summed E-state index contributed by atoms with van der Waals surface area (Å²) in [7, 11) is 3.24. The fourth-order valence-electron chi connectivity index (χ4n) is 2.45. The minimum atomic E-state index is 0.0371. The molecular weight excluding hydrogens is 298 g/mol. The van der Waals surface area contributed by atoms with Gasteiger partial charge in [0, 0.05) is 32.4 Å². The van der Waals surface area contributed by atoms with E-state index in [0.717, 1.165) is 5.56 Å². The highest BCUT2D eigenvalue weighted by Gasteiger charge is 2.31. The second-order valence-corrected chi connectivity index (χ2v) is 5.67. The van der Waals surface area contributed by atoms with Crippen molar-refractivity contribution in [2.75, 3.05) is 40.6 Å². The van der Waals surface area contributed by atoms with Crippen molar-refractivity contribution in [1.29, 1.82) is 0 Å². The van der Waals surface area contributed by atoms with E-state index in [1.807, 2.05) is 24.8 Å². The van der Waals surface area contributed by atoms with Gasteiger partial charge in [0.1, 0.15) is 13.2 Å². The summed E-state index contributed by atoms with van der Waals surface area (Å²) in [6, 6.07) is 3.83. The summed E-state index contributed by atoms with van der Waals surface area (Å²) >= 11 is 0. The van der Waals surface area contributed by atoms with Crippen LogP contribution in [0.1, 0.15) is 29.8 Å². The second-order valence-electron chi connectivity index (χ2n) is 5.67. The Morgan fingerprint density at radius 3 is 2.09 bits per heavy atom. The monoisotopic (exact) mass is 323 g/mol. The average Bonchev–Trinajstić information content (AvgIpc) is 2.84. The maximum atomic E-state index is 12.5. The summed E-state index contributed by atoms with van der Waals surface area (Å²) < 4.78 is 21.5. The van der Waals surface area contributed by atoms with Crippen LogP contribution in [-0.2, 0) is 16.0 Å². The summed E-state index contributed by atoms with van der Waals surface area (Å²) in [4.78, 5) is 14.3. The van der Waals surface area contributed by atoms with Crippen molar-refractivity contribution < 1.29 is 23.7 Å². The summed E-state index contributed by atoms with van der Waals surface area (Å²) in [5.74, 6) is 1.24. The fraction of sp³-hybridized carbons (Fsp3) is 0.588. The molecule has 0 unspecified atom stereocenters. The van der Waals surface area contributed by atoms with Gasteiger partial charge in [0.15, 0.2) is 11.5 Å². The molecule has 128 valence electrons. The third kappa shape index (κ3) is 4.14. The molecule has 0 saturated heterocycles. The van der Waals surface area contributed by atoms with Crippen LogP contribution in [0.3, 0.4) is 0 Å². The Morgan fingerprint density at radius 1 is 1.00 bits per heavy atom. The van der Waals surface area contributed by atoms with Gasteiger partial charge < -0.3 is 23.8 Å². The molecule has 6 heteroatoms. The standard InChI is InChI=1S/C17H25NO5/c1-12(2)18-11-13-9-15(22-7-5-20-3)16(23-8-6-21-4)10-14(13)17(18)19/h9-10,12H,5-8,11H2,1-4H3. The number of benzene rings is 1. The van der Waals surface area contributed by atoms with Crippen LogP contribution >= 0.6 is 0 Å². The first-order chi connectivity index (χ1) is 11.1. The van der Waals surface area contributed by atoms with Crippen LogP contribution in [0.5, 0.6) is 11.5 Å². The van der Waals surface area contributed by atoms with Crippen molar-refractivity contribution in [3.63, 3.8) is 0 Å². The Kier molecular flexibility index (Phi) is 6.24. The Hall–Kier alpha value is -1.79. The summed E-state index contributed by atoms with van der Waals surface area (Å²) in [6.45, 7) is 6.42. The summed E-state index contributed by atoms with van der Waals surface area (Å²) in [5.41, 5.74) is 1.65. The molecule has 0 aliphatic carbocycles. The number of amides is 1. The van der Waals surface area contributed by atoms with Gasteiger partial charge in [-0.3, -0.25) is 4.79 Å². The van der Waals surface area contributed by atoms with Gasteiger partial charge in [0.2, 0.25) is 0 Å². The number of hydrogen-bond acceptors (Lipinski definition) is 5. The van der Waals surface area contributed by atoms with Crippen LogP contribution < -0.4 is 9.47 Å². The molecule has 0 N–H and O–H groups in total. The molecular formula is C17H25NO5. The zero-order chi connectivity index (χ0) is 16.8. The highest BCUT2D eigenvalue weighted by Crippen LogP contribution is 2.36. The predicted octanol–water partition coefficient (Wildman–Crippen LogP) is 2.10. The minimum Gasteiger partial charge on any atom is -0.487 e. The average molecular weight is 323 g/mol. The lowest BCUT2D eigenvalue weighted by Crippen LogP contribution is -2.30. The number of ether oxygens (including phenoxy) is 4. The van der Waals surface area contributed by atoms with Gasteiger partial charge in [-0.15, -0.1) is 0 Å². The van der Waals surface area contributed by atoms with E-state index in [9.17, 15) is 4.79 Å². The molecule has 2 rings (SSSR count). The van der Waals surface area contributed by atoms with Gasteiger partial charge in [0.25, 0.3) is 5.91 Å². The van der Waals surface area contributed by atoms with Gasteiger partial charge in [0.05, 0.1) is 13.2 Å². The molecule has 0 saturated carbocycles. The molecule has 1 aromatic rings. The molecule has 1 heterocycles. The highest BCUT2D eigenvalue weighted by molar-refractivity contribution is 5.99. The van der Waals surface area contributed by atoms with Crippen molar-refractivity contribution >= 4 is 5.91 Å². The number of fused-ring (bicyclic) bond motifs is 1. The lowest BCUT2D eigenvalue weighted by molar-refractivity contribution is 0.0730. The first-order valence-electron chi connectivity index (χ1n) is 7.79. The van der Waals surface area contributed by atoms with Gasteiger partial charge in [-0.25, -0.2) is 0 Å². The van der Waals surface area contributed by atoms with Crippen LogP contribution in [-0.4, -0.2) is 57.5 Å². The Bertz CT molecular complexity index is 544. The zero-order valence-electron chi connectivity index (χ0n) is 14.3. The smallest absolute Gasteiger partial charge is 0.254 e. The quantitative estimate of drug-likeness (QED) is 0.651. The maximum absolute atomic E-state index is 12.5. The number of rotatable bonds is 9. The molecule has 1 aliphatic rings. The number of carbonyl (C=O) groups excluding carboxylic acids is 1. The van der Waals surface area contributed by atoms with E-state index >= 15 is 0 Å². The molecule has 6 nitrogen and oxygen atoms in total. The lowest BCUT2D eigenvalue weighted by Gasteiger charge is -2.19. The second kappa shape index (κ2) is 8.17. The number of methoxy groups -OCH3 is 2. The van der Waals surface area contributed by atoms with Crippen LogP contribution in [0.25, 0.3) is 0 Å². The van der Waals surface area contributed by atoms with Crippen molar-refractivity contribution in [3.05, 3.63) is 23.3 Å². The molecule has 0 fully saturated rings. The van der Waals surface area contributed by atoms with E-state index in [0.29, 0.717) is 50.0 Å². The fourth-order valence-corrected chi connectivity index (χ4v) is 2.45. The molecule has 1 amide bonds. The molecule has 0 radical (unpaired) electrons. The van der Waals surface area contributed by atoms with Crippen molar-refractivity contribution in [2.45, 2.75) is 26.4 Å². The van der Waals surface area contributed by atoms with Crippen LogP contribution in [0.4, 0.5) is 0 Å². The van der Waals surface area contributed by atoms with E-state index in [2.05, 4.69) is 0 Å². The Balaban J connectivity index is 2.23. The van der Waals surface area contributed by atoms with Crippen molar-refractivity contribution in [2.24, 2.45) is 0 Å². The molecule has 1 aliphatic heterocycles. The van der Waals surface area contributed by atoms with E-state index in [-0.39, 0.29) is 11.9 Å². The van der Waals surface area contributed by atoms with E-state index in [1.165, 1.54) is 0 Å². The summed E-state index contributed by atoms with van der Waals surface area (Å²) in [5, 5.41) is 0. The van der Waals surface area contributed by atoms with Crippen molar-refractivity contribution in [3.8, 4) is 11.5 Å². The third-order valence-corrected chi connectivity index (χ3v) is 3.71. The first kappa shape index (κ1) is 17.6. The topological polar surface area (TPSA) is 57.2 Å². The Morgan fingerprint density at radius 2 is 1.57 bits per heavy atom. The zero-order valence-corrected chi connectivity index (χ0v) is 14.3. The predicted molar refractivity (Wildman–Crippen MR) is 86.2 cm³/mol. The minimum absolute atomic E-state index is 0.0371. The SMILES string of the molecule is COCCOc1cc2c(cc1OCCOC)C(=O)N(C(C)C)C2. The normalized spacial score (nSPS) is 13.6. The Labute approximate surface area is 137 Å². The number of nitrogens with zero attached hydrogens (tertiary/aromatic N) is 1. The molecule has 23 heavy (non-hydrogen) atoms. The molecule has 1 aromatic carbocycles. The maximum Gasteiger partial charge on any atom is 0.254 e. The number of hydrogen-bond donors (Lipinski definition) is 0. The molecule has 0 atom stereocenters. The van der Waals surface area contributed by atoms with Crippen molar-refractivity contribution in [1.82, 2.24) is 4.90 Å². The molecule has 0 aromatic heterocycles. The number of carbonyl (C=O) groups is 1. The summed E-state index contributed by atoms with van der Waals surface area (Å²) in [6.07, 6.45) is 0. The first-order valence-corrected chi connectivity index (χ1v) is 7.79. The van der Waals surface area contributed by atoms with E-state index in [1.54, 1.807) is 20.3 Å². The van der Waals surface area contributed by atoms with E-state index < -0.39 is 0 Å². The largest absolute Gasteiger partial charge is 0.487 e. The highest BCUT2D eigenvalue weighted by atomic mass is 16.5. The lowest BCUT2D eigenvalue weighted by atomic mass is 10.1. The van der Waals surface area contributed by atoms with Gasteiger partial charge >= 0.3 is 0 Å². The van der Waals surface area contributed by atoms with Gasteiger partial charge in [-0.1, -0.05) is 0 Å².